The van der Waals surface area contributed by atoms with Crippen molar-refractivity contribution in [2.75, 3.05) is 0 Å². The van der Waals surface area contributed by atoms with Gasteiger partial charge in [-0.1, -0.05) is 39.1 Å². The fourth-order valence-electron chi connectivity index (χ4n) is 1.48. The SMILES string of the molecule is CC(=O)c1ccc(Oc2cc(Br)ccc2Cl)c(Cl)c1. The number of hydrogen-bond acceptors (Lipinski definition) is 2. The van der Waals surface area contributed by atoms with E-state index in [9.17, 15) is 4.79 Å². The van der Waals surface area contributed by atoms with E-state index in [0.29, 0.717) is 27.1 Å². The highest BCUT2D eigenvalue weighted by atomic mass is 79.9. The fourth-order valence-corrected chi connectivity index (χ4v) is 2.19. The Labute approximate surface area is 129 Å². The van der Waals surface area contributed by atoms with Gasteiger partial charge in [-0.2, -0.15) is 0 Å². The van der Waals surface area contributed by atoms with E-state index in [2.05, 4.69) is 15.9 Å². The van der Waals surface area contributed by atoms with Gasteiger partial charge in [0.1, 0.15) is 11.5 Å². The summed E-state index contributed by atoms with van der Waals surface area (Å²) in [6.45, 7) is 1.48. The van der Waals surface area contributed by atoms with Crippen LogP contribution in [0.25, 0.3) is 0 Å². The maximum absolute atomic E-state index is 11.2. The van der Waals surface area contributed by atoms with Gasteiger partial charge < -0.3 is 4.74 Å². The first-order valence-electron chi connectivity index (χ1n) is 5.41. The van der Waals surface area contributed by atoms with Crippen LogP contribution in [0.3, 0.4) is 0 Å². The van der Waals surface area contributed by atoms with E-state index < -0.39 is 0 Å². The molecule has 2 rings (SSSR count). The Kier molecular flexibility index (Phi) is 4.50. The Balaban J connectivity index is 2.33. The minimum atomic E-state index is -0.0473. The molecule has 5 heteroatoms. The van der Waals surface area contributed by atoms with E-state index in [4.69, 9.17) is 27.9 Å². The van der Waals surface area contributed by atoms with Crippen LogP contribution in [0.2, 0.25) is 10.0 Å². The molecule has 0 spiro atoms. The number of benzene rings is 2. The molecule has 0 aliphatic rings. The number of rotatable bonds is 3. The van der Waals surface area contributed by atoms with Gasteiger partial charge >= 0.3 is 0 Å². The van der Waals surface area contributed by atoms with Crippen molar-refractivity contribution in [3.8, 4) is 11.5 Å². The second-order valence-corrected chi connectivity index (χ2v) is 5.61. The normalized spacial score (nSPS) is 10.3. The molecule has 0 amide bonds. The van der Waals surface area contributed by atoms with Crippen molar-refractivity contribution in [2.24, 2.45) is 0 Å². The van der Waals surface area contributed by atoms with E-state index >= 15 is 0 Å². The molecule has 0 aliphatic heterocycles. The maximum atomic E-state index is 11.2. The second kappa shape index (κ2) is 5.95. The molecule has 0 saturated carbocycles. The first-order chi connectivity index (χ1) is 8.97. The number of ether oxygens (including phenoxy) is 1. The number of carbonyl (C=O) groups excluding carboxylic acids is 1. The third-order valence-corrected chi connectivity index (χ3v) is 3.55. The number of halogens is 3. The van der Waals surface area contributed by atoms with E-state index in [1.54, 1.807) is 30.3 Å². The molecule has 0 radical (unpaired) electrons. The molecule has 98 valence electrons. The molecule has 2 nitrogen and oxygen atoms in total. The minimum absolute atomic E-state index is 0.0473. The third kappa shape index (κ3) is 3.50. The Morgan fingerprint density at radius 3 is 2.42 bits per heavy atom. The summed E-state index contributed by atoms with van der Waals surface area (Å²) in [5, 5.41) is 0.846. The number of hydrogen-bond donors (Lipinski definition) is 0. The zero-order valence-electron chi connectivity index (χ0n) is 9.91. The Morgan fingerprint density at radius 1 is 1.05 bits per heavy atom. The van der Waals surface area contributed by atoms with E-state index in [0.717, 1.165) is 4.47 Å². The molecule has 0 aromatic heterocycles. The standard InChI is InChI=1S/C14H9BrCl2O2/c1-8(18)9-2-5-13(12(17)6-9)19-14-7-10(15)3-4-11(14)16/h2-7H,1H3. The predicted octanol–water partition coefficient (Wildman–Crippen LogP) is 5.75. The lowest BCUT2D eigenvalue weighted by molar-refractivity contribution is 0.101. The van der Waals surface area contributed by atoms with Crippen LogP contribution < -0.4 is 4.74 Å². The number of Topliss-reactive ketones (excluding diaryl/α,β-unsaturated/α-hetero) is 1. The van der Waals surface area contributed by atoms with Crippen molar-refractivity contribution in [1.29, 1.82) is 0 Å². The van der Waals surface area contributed by atoms with E-state index in [1.165, 1.54) is 6.92 Å². The van der Waals surface area contributed by atoms with Crippen LogP contribution >= 0.6 is 39.1 Å². The molecular formula is C14H9BrCl2O2. The van der Waals surface area contributed by atoms with Gasteiger partial charge in [-0.15, -0.1) is 0 Å². The van der Waals surface area contributed by atoms with Crippen LogP contribution in [0.5, 0.6) is 11.5 Å². The van der Waals surface area contributed by atoms with Gasteiger partial charge in [0.25, 0.3) is 0 Å². The predicted molar refractivity (Wildman–Crippen MR) is 80.7 cm³/mol. The average Bonchev–Trinajstić information content (AvgIpc) is 2.36. The van der Waals surface area contributed by atoms with Crippen molar-refractivity contribution in [3.63, 3.8) is 0 Å². The smallest absolute Gasteiger partial charge is 0.159 e. The molecular weight excluding hydrogens is 351 g/mol. The summed E-state index contributed by atoms with van der Waals surface area (Å²) >= 11 is 15.5. The Morgan fingerprint density at radius 2 is 1.79 bits per heavy atom. The van der Waals surface area contributed by atoms with Crippen molar-refractivity contribution in [3.05, 3.63) is 56.5 Å². The monoisotopic (exact) mass is 358 g/mol. The average molecular weight is 360 g/mol. The molecule has 19 heavy (non-hydrogen) atoms. The molecule has 0 heterocycles. The maximum Gasteiger partial charge on any atom is 0.159 e. The minimum Gasteiger partial charge on any atom is -0.454 e. The lowest BCUT2D eigenvalue weighted by Crippen LogP contribution is -1.93. The molecule has 0 N–H and O–H groups in total. The summed E-state index contributed by atoms with van der Waals surface area (Å²) in [5.41, 5.74) is 0.540. The molecule has 0 atom stereocenters. The quantitative estimate of drug-likeness (QED) is 0.652. The van der Waals surface area contributed by atoms with E-state index in [-0.39, 0.29) is 5.78 Å². The summed E-state index contributed by atoms with van der Waals surface area (Å²) in [6, 6.07) is 10.2. The summed E-state index contributed by atoms with van der Waals surface area (Å²) in [7, 11) is 0. The van der Waals surface area contributed by atoms with Crippen LogP contribution in [-0.4, -0.2) is 5.78 Å². The van der Waals surface area contributed by atoms with Crippen molar-refractivity contribution in [2.45, 2.75) is 6.92 Å². The molecule has 0 fully saturated rings. The molecule has 0 unspecified atom stereocenters. The summed E-state index contributed by atoms with van der Waals surface area (Å²) in [5.74, 6) is 0.897. The highest BCUT2D eigenvalue weighted by Gasteiger charge is 2.09. The lowest BCUT2D eigenvalue weighted by atomic mass is 10.1. The first kappa shape index (κ1) is 14.4. The summed E-state index contributed by atoms with van der Waals surface area (Å²) in [4.78, 5) is 11.2. The zero-order valence-corrected chi connectivity index (χ0v) is 13.0. The fraction of sp³-hybridized carbons (Fsp3) is 0.0714. The number of ketones is 1. The van der Waals surface area contributed by atoms with Gasteiger partial charge in [0.2, 0.25) is 0 Å². The van der Waals surface area contributed by atoms with Crippen LogP contribution in [0.1, 0.15) is 17.3 Å². The van der Waals surface area contributed by atoms with Gasteiger partial charge in [-0.25, -0.2) is 0 Å². The summed E-state index contributed by atoms with van der Waals surface area (Å²) < 4.78 is 6.50. The summed E-state index contributed by atoms with van der Waals surface area (Å²) in [6.07, 6.45) is 0. The highest BCUT2D eigenvalue weighted by molar-refractivity contribution is 9.10. The topological polar surface area (TPSA) is 26.3 Å². The van der Waals surface area contributed by atoms with Crippen LogP contribution in [0, 0.1) is 0 Å². The van der Waals surface area contributed by atoms with E-state index in [1.807, 2.05) is 6.07 Å². The van der Waals surface area contributed by atoms with Crippen molar-refractivity contribution in [1.82, 2.24) is 0 Å². The van der Waals surface area contributed by atoms with Crippen molar-refractivity contribution >= 4 is 44.9 Å². The third-order valence-electron chi connectivity index (χ3n) is 2.45. The van der Waals surface area contributed by atoms with Gasteiger partial charge in [-0.05, 0) is 43.3 Å². The molecule has 0 aliphatic carbocycles. The largest absolute Gasteiger partial charge is 0.454 e. The Bertz CT molecular complexity index is 641. The van der Waals surface area contributed by atoms with Gasteiger partial charge in [0.05, 0.1) is 10.0 Å². The number of carbonyl (C=O) groups is 1. The molecule has 2 aromatic carbocycles. The molecule has 0 bridgehead atoms. The molecule has 2 aromatic rings. The van der Waals surface area contributed by atoms with Gasteiger partial charge in [0.15, 0.2) is 5.78 Å². The second-order valence-electron chi connectivity index (χ2n) is 3.88. The van der Waals surface area contributed by atoms with Gasteiger partial charge in [-0.3, -0.25) is 4.79 Å². The first-order valence-corrected chi connectivity index (χ1v) is 6.95. The van der Waals surface area contributed by atoms with Crippen molar-refractivity contribution < 1.29 is 9.53 Å². The zero-order chi connectivity index (χ0) is 14.0. The lowest BCUT2D eigenvalue weighted by Gasteiger charge is -2.10. The van der Waals surface area contributed by atoms with Gasteiger partial charge in [0, 0.05) is 10.0 Å². The Hall–Kier alpha value is -1.03. The van der Waals surface area contributed by atoms with Crippen LogP contribution in [0.15, 0.2) is 40.9 Å². The molecule has 0 saturated heterocycles. The van der Waals surface area contributed by atoms with Crippen LogP contribution in [-0.2, 0) is 0 Å². The highest BCUT2D eigenvalue weighted by Crippen LogP contribution is 2.35. The van der Waals surface area contributed by atoms with Crippen LogP contribution in [0.4, 0.5) is 0 Å².